The van der Waals surface area contributed by atoms with E-state index in [4.69, 9.17) is 5.73 Å². The number of thiophene rings is 1. The van der Waals surface area contributed by atoms with Crippen LogP contribution in [0.15, 0.2) is 23.6 Å². The van der Waals surface area contributed by atoms with E-state index in [0.29, 0.717) is 0 Å². The van der Waals surface area contributed by atoms with E-state index in [2.05, 4.69) is 42.3 Å². The number of rotatable bonds is 3. The van der Waals surface area contributed by atoms with Crippen molar-refractivity contribution in [1.82, 2.24) is 0 Å². The lowest BCUT2D eigenvalue weighted by Gasteiger charge is -2.22. The van der Waals surface area contributed by atoms with Gasteiger partial charge in [-0.3, -0.25) is 0 Å². The van der Waals surface area contributed by atoms with Crippen LogP contribution in [-0.2, 0) is 0 Å². The molecule has 0 bridgehead atoms. The van der Waals surface area contributed by atoms with Crippen LogP contribution in [0.25, 0.3) is 10.1 Å². The van der Waals surface area contributed by atoms with E-state index in [-0.39, 0.29) is 0 Å². The molecule has 0 unspecified atom stereocenters. The van der Waals surface area contributed by atoms with Crippen LogP contribution in [0, 0.1) is 0 Å². The lowest BCUT2D eigenvalue weighted by atomic mass is 10.2. The second kappa shape index (κ2) is 4.11. The van der Waals surface area contributed by atoms with Crippen molar-refractivity contribution in [2.45, 2.75) is 13.8 Å². The van der Waals surface area contributed by atoms with Gasteiger partial charge in [-0.2, -0.15) is 0 Å². The monoisotopic (exact) mass is 220 g/mol. The number of nitrogens with two attached hydrogens (primary N) is 1. The maximum Gasteiger partial charge on any atom is 0.0733 e. The van der Waals surface area contributed by atoms with Gasteiger partial charge in [0.2, 0.25) is 0 Å². The van der Waals surface area contributed by atoms with Crippen LogP contribution in [0.5, 0.6) is 0 Å². The Labute approximate surface area is 94.3 Å². The molecule has 0 fully saturated rings. The lowest BCUT2D eigenvalue weighted by Crippen LogP contribution is -2.22. The van der Waals surface area contributed by atoms with Crippen molar-refractivity contribution < 1.29 is 0 Å². The Morgan fingerprint density at radius 2 is 1.93 bits per heavy atom. The minimum absolute atomic E-state index is 0.922. The molecule has 2 N–H and O–H groups in total. The molecule has 2 rings (SSSR count). The van der Waals surface area contributed by atoms with E-state index in [9.17, 15) is 0 Å². The molecule has 15 heavy (non-hydrogen) atoms. The molecule has 1 heterocycles. The molecule has 0 amide bonds. The second-order valence-electron chi connectivity index (χ2n) is 3.51. The van der Waals surface area contributed by atoms with Crippen molar-refractivity contribution in [3.8, 4) is 0 Å². The van der Waals surface area contributed by atoms with Crippen LogP contribution in [0.3, 0.4) is 0 Å². The van der Waals surface area contributed by atoms with Gasteiger partial charge in [-0.25, -0.2) is 0 Å². The summed E-state index contributed by atoms with van der Waals surface area (Å²) in [6, 6.07) is 6.38. The molecule has 0 radical (unpaired) electrons. The summed E-state index contributed by atoms with van der Waals surface area (Å²) in [6.45, 7) is 6.30. The molecule has 0 saturated heterocycles. The van der Waals surface area contributed by atoms with Crippen molar-refractivity contribution in [3.05, 3.63) is 23.6 Å². The van der Waals surface area contributed by atoms with E-state index in [1.54, 1.807) is 11.3 Å². The Bertz CT molecular complexity index is 458. The van der Waals surface area contributed by atoms with Gasteiger partial charge in [-0.15, -0.1) is 11.3 Å². The van der Waals surface area contributed by atoms with Gasteiger partial charge in [0.15, 0.2) is 0 Å². The van der Waals surface area contributed by atoms with E-state index in [0.717, 1.165) is 24.5 Å². The number of hydrogen-bond donors (Lipinski definition) is 1. The SMILES string of the molecule is CCN(CC)c1ccc2ccsc2c1N. The highest BCUT2D eigenvalue weighted by molar-refractivity contribution is 7.17. The van der Waals surface area contributed by atoms with Crippen LogP contribution >= 0.6 is 11.3 Å². The summed E-state index contributed by atoms with van der Waals surface area (Å²) in [5.74, 6) is 0. The van der Waals surface area contributed by atoms with Gasteiger partial charge in [0.1, 0.15) is 0 Å². The largest absolute Gasteiger partial charge is 0.396 e. The van der Waals surface area contributed by atoms with E-state index in [1.807, 2.05) is 0 Å². The topological polar surface area (TPSA) is 29.3 Å². The fraction of sp³-hybridized carbons (Fsp3) is 0.333. The molecule has 2 aromatic rings. The first-order valence-corrected chi connectivity index (χ1v) is 6.16. The van der Waals surface area contributed by atoms with Crippen LogP contribution in [0.4, 0.5) is 11.4 Å². The normalized spacial score (nSPS) is 10.8. The van der Waals surface area contributed by atoms with Crippen LogP contribution in [0.2, 0.25) is 0 Å². The summed E-state index contributed by atoms with van der Waals surface area (Å²) in [5, 5.41) is 3.33. The van der Waals surface area contributed by atoms with Crippen LogP contribution in [-0.4, -0.2) is 13.1 Å². The third-order valence-corrected chi connectivity index (χ3v) is 3.70. The van der Waals surface area contributed by atoms with Crippen LogP contribution < -0.4 is 10.6 Å². The average Bonchev–Trinajstić information content (AvgIpc) is 2.71. The molecule has 1 aromatic carbocycles. The number of hydrogen-bond acceptors (Lipinski definition) is 3. The molecule has 1 aromatic heterocycles. The average molecular weight is 220 g/mol. The Morgan fingerprint density at radius 3 is 2.60 bits per heavy atom. The highest BCUT2D eigenvalue weighted by Crippen LogP contribution is 2.34. The number of benzene rings is 1. The van der Waals surface area contributed by atoms with Gasteiger partial charge in [0, 0.05) is 13.1 Å². The summed E-state index contributed by atoms with van der Waals surface area (Å²) in [7, 11) is 0. The zero-order valence-electron chi connectivity index (χ0n) is 9.16. The minimum Gasteiger partial charge on any atom is -0.396 e. The predicted octanol–water partition coefficient (Wildman–Crippen LogP) is 3.33. The summed E-state index contributed by atoms with van der Waals surface area (Å²) in [5.41, 5.74) is 8.27. The molecule has 0 saturated carbocycles. The summed E-state index contributed by atoms with van der Waals surface area (Å²) >= 11 is 1.71. The van der Waals surface area contributed by atoms with Gasteiger partial charge in [0.05, 0.1) is 16.1 Å². The van der Waals surface area contributed by atoms with Gasteiger partial charge >= 0.3 is 0 Å². The zero-order chi connectivity index (χ0) is 10.8. The van der Waals surface area contributed by atoms with Crippen molar-refractivity contribution in [3.63, 3.8) is 0 Å². The quantitative estimate of drug-likeness (QED) is 0.804. The molecule has 0 spiro atoms. The number of nitrogens with zero attached hydrogens (tertiary/aromatic N) is 1. The van der Waals surface area contributed by atoms with Crippen molar-refractivity contribution in [2.24, 2.45) is 0 Å². The first kappa shape index (κ1) is 10.3. The minimum atomic E-state index is 0.922. The maximum absolute atomic E-state index is 6.18. The fourth-order valence-electron chi connectivity index (χ4n) is 1.88. The highest BCUT2D eigenvalue weighted by atomic mass is 32.1. The molecular weight excluding hydrogens is 204 g/mol. The number of nitrogen functional groups attached to an aromatic ring is 1. The molecule has 3 heteroatoms. The Balaban J connectivity index is 2.56. The predicted molar refractivity (Wildman–Crippen MR) is 69.8 cm³/mol. The van der Waals surface area contributed by atoms with Crippen molar-refractivity contribution in [1.29, 1.82) is 0 Å². The molecule has 0 atom stereocenters. The van der Waals surface area contributed by atoms with E-state index < -0.39 is 0 Å². The standard InChI is InChI=1S/C12H16N2S/c1-3-14(4-2)10-6-5-9-7-8-15-12(9)11(10)13/h5-8H,3-4,13H2,1-2H3. The molecule has 80 valence electrons. The molecule has 0 aliphatic heterocycles. The first-order chi connectivity index (χ1) is 7.27. The summed E-state index contributed by atoms with van der Waals surface area (Å²) < 4.78 is 1.21. The van der Waals surface area contributed by atoms with Gasteiger partial charge in [-0.1, -0.05) is 6.07 Å². The van der Waals surface area contributed by atoms with Crippen LogP contribution in [0.1, 0.15) is 13.8 Å². The first-order valence-electron chi connectivity index (χ1n) is 5.28. The summed E-state index contributed by atoms with van der Waals surface area (Å²) in [6.07, 6.45) is 0. The smallest absolute Gasteiger partial charge is 0.0733 e. The second-order valence-corrected chi connectivity index (χ2v) is 4.43. The Hall–Kier alpha value is -1.22. The third-order valence-electron chi connectivity index (χ3n) is 2.74. The van der Waals surface area contributed by atoms with Gasteiger partial charge < -0.3 is 10.6 Å². The molecular formula is C12H16N2S. The molecule has 0 aliphatic rings. The molecule has 0 aliphatic carbocycles. The zero-order valence-corrected chi connectivity index (χ0v) is 9.97. The number of anilines is 2. The fourth-order valence-corrected chi connectivity index (χ4v) is 2.74. The van der Waals surface area contributed by atoms with Crippen molar-refractivity contribution in [2.75, 3.05) is 23.7 Å². The highest BCUT2D eigenvalue weighted by Gasteiger charge is 2.09. The lowest BCUT2D eigenvalue weighted by molar-refractivity contribution is 0.869. The van der Waals surface area contributed by atoms with Gasteiger partial charge in [0.25, 0.3) is 0 Å². The number of fused-ring (bicyclic) bond motifs is 1. The van der Waals surface area contributed by atoms with E-state index >= 15 is 0 Å². The Morgan fingerprint density at radius 1 is 1.20 bits per heavy atom. The molecule has 2 nitrogen and oxygen atoms in total. The van der Waals surface area contributed by atoms with Gasteiger partial charge in [-0.05, 0) is 36.7 Å². The maximum atomic E-state index is 6.18. The van der Waals surface area contributed by atoms with E-state index in [1.165, 1.54) is 10.1 Å². The Kier molecular flexibility index (Phi) is 2.82. The third kappa shape index (κ3) is 1.67. The summed E-state index contributed by atoms with van der Waals surface area (Å²) in [4.78, 5) is 2.29. The van der Waals surface area contributed by atoms with Crippen molar-refractivity contribution >= 4 is 32.8 Å².